The summed E-state index contributed by atoms with van der Waals surface area (Å²) in [4.78, 5) is 4.24. The Morgan fingerprint density at radius 3 is 2.68 bits per heavy atom. The largest absolute Gasteiger partial charge is 0.486 e. The Hall–Kier alpha value is -1.86. The zero-order chi connectivity index (χ0) is 14.0. The second-order valence-electron chi connectivity index (χ2n) is 4.22. The van der Waals surface area contributed by atoms with E-state index >= 15 is 0 Å². The monoisotopic (exact) mass is 281 g/mol. The van der Waals surface area contributed by atoms with Crippen molar-refractivity contribution in [2.24, 2.45) is 12.2 Å². The summed E-state index contributed by atoms with van der Waals surface area (Å²) in [6.07, 6.45) is 3.52. The van der Waals surface area contributed by atoms with Gasteiger partial charge < -0.3 is 9.30 Å². The third kappa shape index (κ3) is 3.12. The Kier molecular flexibility index (Phi) is 3.59. The molecule has 0 saturated heterocycles. The van der Waals surface area contributed by atoms with Crippen molar-refractivity contribution in [2.45, 2.75) is 18.4 Å². The first-order valence-corrected chi connectivity index (χ1v) is 7.15. The Bertz CT molecular complexity index is 692. The molecule has 1 aromatic heterocycles. The molecule has 0 radical (unpaired) electrons. The van der Waals surface area contributed by atoms with Crippen LogP contribution in [0.2, 0.25) is 0 Å². The first-order chi connectivity index (χ1) is 8.88. The summed E-state index contributed by atoms with van der Waals surface area (Å²) < 4.78 is 30.0. The van der Waals surface area contributed by atoms with Crippen LogP contribution in [0.15, 0.2) is 35.5 Å². The van der Waals surface area contributed by atoms with Crippen molar-refractivity contribution in [3.63, 3.8) is 0 Å². The van der Waals surface area contributed by atoms with Gasteiger partial charge in [0.05, 0.1) is 4.90 Å². The van der Waals surface area contributed by atoms with Gasteiger partial charge in [0.15, 0.2) is 0 Å². The molecule has 0 amide bonds. The summed E-state index contributed by atoms with van der Waals surface area (Å²) in [6.45, 7) is 1.99. The van der Waals surface area contributed by atoms with Crippen molar-refractivity contribution < 1.29 is 13.2 Å². The molecule has 7 heteroatoms. The highest BCUT2D eigenvalue weighted by atomic mass is 32.2. The van der Waals surface area contributed by atoms with Gasteiger partial charge in [-0.05, 0) is 30.7 Å². The molecular weight excluding hydrogens is 266 g/mol. The fourth-order valence-corrected chi connectivity index (χ4v) is 2.48. The standard InChI is InChI=1S/C12H15N3O3S/c1-9-7-10(3-4-11(9)19(13,16)17)18-8-12-14-5-6-15(12)2/h3-7H,8H2,1-2H3,(H2,13,16,17). The van der Waals surface area contributed by atoms with E-state index in [1.807, 2.05) is 17.8 Å². The number of aromatic nitrogens is 2. The zero-order valence-corrected chi connectivity index (χ0v) is 11.5. The van der Waals surface area contributed by atoms with Crippen molar-refractivity contribution in [1.82, 2.24) is 9.55 Å². The minimum absolute atomic E-state index is 0.108. The van der Waals surface area contributed by atoms with Crippen LogP contribution >= 0.6 is 0 Å². The average Bonchev–Trinajstić information content (AvgIpc) is 2.70. The fourth-order valence-electron chi connectivity index (χ4n) is 1.71. The number of imidazole rings is 1. The second kappa shape index (κ2) is 5.02. The Balaban J connectivity index is 2.15. The third-order valence-electron chi connectivity index (χ3n) is 2.74. The molecule has 102 valence electrons. The van der Waals surface area contributed by atoms with Gasteiger partial charge in [-0.1, -0.05) is 0 Å². The maximum absolute atomic E-state index is 11.3. The maximum Gasteiger partial charge on any atom is 0.238 e. The number of aryl methyl sites for hydroxylation is 2. The molecule has 0 aliphatic rings. The van der Waals surface area contributed by atoms with Crippen LogP contribution in [0.25, 0.3) is 0 Å². The van der Waals surface area contributed by atoms with Gasteiger partial charge in [-0.15, -0.1) is 0 Å². The topological polar surface area (TPSA) is 87.2 Å². The quantitative estimate of drug-likeness (QED) is 0.904. The highest BCUT2D eigenvalue weighted by Crippen LogP contribution is 2.20. The van der Waals surface area contributed by atoms with Gasteiger partial charge in [-0.3, -0.25) is 0 Å². The minimum Gasteiger partial charge on any atom is -0.486 e. The third-order valence-corrected chi connectivity index (χ3v) is 3.81. The molecule has 0 unspecified atom stereocenters. The molecule has 0 spiro atoms. The molecule has 0 atom stereocenters. The van der Waals surface area contributed by atoms with Crippen molar-refractivity contribution in [3.8, 4) is 5.75 Å². The van der Waals surface area contributed by atoms with E-state index in [0.717, 1.165) is 5.82 Å². The van der Waals surface area contributed by atoms with Crippen LogP contribution in [0.1, 0.15) is 11.4 Å². The smallest absolute Gasteiger partial charge is 0.238 e. The van der Waals surface area contributed by atoms with Gasteiger partial charge >= 0.3 is 0 Å². The Morgan fingerprint density at radius 2 is 2.16 bits per heavy atom. The highest BCUT2D eigenvalue weighted by molar-refractivity contribution is 7.89. The lowest BCUT2D eigenvalue weighted by molar-refractivity contribution is 0.291. The molecule has 1 aromatic carbocycles. The summed E-state index contributed by atoms with van der Waals surface area (Å²) in [5.41, 5.74) is 0.555. The van der Waals surface area contributed by atoms with Crippen LogP contribution in [0.3, 0.4) is 0 Å². The predicted molar refractivity (Wildman–Crippen MR) is 70.1 cm³/mol. The van der Waals surface area contributed by atoms with Crippen LogP contribution in [0.4, 0.5) is 0 Å². The van der Waals surface area contributed by atoms with E-state index in [2.05, 4.69) is 4.98 Å². The number of hydrogen-bond acceptors (Lipinski definition) is 4. The van der Waals surface area contributed by atoms with Crippen LogP contribution in [-0.2, 0) is 23.7 Å². The number of ether oxygens (including phenoxy) is 1. The van der Waals surface area contributed by atoms with E-state index in [-0.39, 0.29) is 4.90 Å². The second-order valence-corrected chi connectivity index (χ2v) is 5.75. The highest BCUT2D eigenvalue weighted by Gasteiger charge is 2.12. The van der Waals surface area contributed by atoms with E-state index < -0.39 is 10.0 Å². The van der Waals surface area contributed by atoms with E-state index in [1.54, 1.807) is 25.3 Å². The molecule has 2 N–H and O–H groups in total. The lowest BCUT2D eigenvalue weighted by Crippen LogP contribution is -2.13. The summed E-state index contributed by atoms with van der Waals surface area (Å²) in [6, 6.07) is 4.66. The number of nitrogens with zero attached hydrogens (tertiary/aromatic N) is 2. The molecule has 0 aliphatic carbocycles. The van der Waals surface area contributed by atoms with Gasteiger partial charge in [0.1, 0.15) is 18.2 Å². The lowest BCUT2D eigenvalue weighted by Gasteiger charge is -2.09. The predicted octanol–water partition coefficient (Wildman–Crippen LogP) is 0.955. The summed E-state index contributed by atoms with van der Waals surface area (Å²) in [7, 11) is -1.81. The van der Waals surface area contributed by atoms with Crippen molar-refractivity contribution >= 4 is 10.0 Å². The molecule has 19 heavy (non-hydrogen) atoms. The molecule has 0 saturated carbocycles. The number of benzene rings is 1. The average molecular weight is 281 g/mol. The first-order valence-electron chi connectivity index (χ1n) is 5.60. The molecule has 1 heterocycles. The van der Waals surface area contributed by atoms with Crippen molar-refractivity contribution in [2.75, 3.05) is 0 Å². The first kappa shape index (κ1) is 13.6. The van der Waals surface area contributed by atoms with Crippen LogP contribution in [0.5, 0.6) is 5.75 Å². The number of sulfonamides is 1. The molecule has 0 aliphatic heterocycles. The van der Waals surface area contributed by atoms with Crippen LogP contribution in [0, 0.1) is 6.92 Å². The zero-order valence-electron chi connectivity index (χ0n) is 10.7. The van der Waals surface area contributed by atoms with Gasteiger partial charge in [0, 0.05) is 19.4 Å². The van der Waals surface area contributed by atoms with E-state index in [0.29, 0.717) is 17.9 Å². The molecule has 6 nitrogen and oxygen atoms in total. The number of rotatable bonds is 4. The Labute approximate surface area is 111 Å². The van der Waals surface area contributed by atoms with E-state index in [4.69, 9.17) is 9.88 Å². The SMILES string of the molecule is Cc1cc(OCc2nccn2C)ccc1S(N)(=O)=O. The van der Waals surface area contributed by atoms with Gasteiger partial charge in [0.2, 0.25) is 10.0 Å². The van der Waals surface area contributed by atoms with E-state index in [1.165, 1.54) is 6.07 Å². The number of nitrogens with two attached hydrogens (primary N) is 1. The molecular formula is C12H15N3O3S. The molecule has 2 rings (SSSR count). The molecule has 0 bridgehead atoms. The maximum atomic E-state index is 11.3. The molecule has 2 aromatic rings. The number of primary sulfonamides is 1. The van der Waals surface area contributed by atoms with Crippen LogP contribution < -0.4 is 9.88 Å². The van der Waals surface area contributed by atoms with Gasteiger partial charge in [-0.2, -0.15) is 0 Å². The van der Waals surface area contributed by atoms with Crippen molar-refractivity contribution in [1.29, 1.82) is 0 Å². The molecule has 0 fully saturated rings. The number of hydrogen-bond donors (Lipinski definition) is 1. The van der Waals surface area contributed by atoms with E-state index in [9.17, 15) is 8.42 Å². The fraction of sp³-hybridized carbons (Fsp3) is 0.250. The Morgan fingerprint density at radius 1 is 1.42 bits per heavy atom. The lowest BCUT2D eigenvalue weighted by atomic mass is 10.2. The summed E-state index contributed by atoms with van der Waals surface area (Å²) >= 11 is 0. The summed E-state index contributed by atoms with van der Waals surface area (Å²) in [5.74, 6) is 1.36. The summed E-state index contributed by atoms with van der Waals surface area (Å²) in [5, 5.41) is 5.10. The van der Waals surface area contributed by atoms with Gasteiger partial charge in [-0.25, -0.2) is 18.5 Å². The normalized spacial score (nSPS) is 11.5. The van der Waals surface area contributed by atoms with Crippen LogP contribution in [-0.4, -0.2) is 18.0 Å². The van der Waals surface area contributed by atoms with Crippen molar-refractivity contribution in [3.05, 3.63) is 42.0 Å². The van der Waals surface area contributed by atoms with Gasteiger partial charge in [0.25, 0.3) is 0 Å². The minimum atomic E-state index is -3.69.